The van der Waals surface area contributed by atoms with Crippen molar-refractivity contribution in [3.05, 3.63) is 47.9 Å². The predicted octanol–water partition coefficient (Wildman–Crippen LogP) is 3.78. The molecule has 1 aromatic carbocycles. The van der Waals surface area contributed by atoms with Gasteiger partial charge in [-0.2, -0.15) is 0 Å². The van der Waals surface area contributed by atoms with Crippen LogP contribution in [0.25, 0.3) is 11.3 Å². The van der Waals surface area contributed by atoms with Gasteiger partial charge in [0, 0.05) is 22.8 Å². The van der Waals surface area contributed by atoms with Gasteiger partial charge in [-0.25, -0.2) is 9.97 Å². The molecule has 1 atom stereocenters. The summed E-state index contributed by atoms with van der Waals surface area (Å²) in [5, 5.41) is 3.52. The summed E-state index contributed by atoms with van der Waals surface area (Å²) in [5.74, 6) is 0.690. The van der Waals surface area contributed by atoms with Gasteiger partial charge in [-0.3, -0.25) is 4.79 Å². The maximum absolute atomic E-state index is 12.4. The molecule has 0 aliphatic heterocycles. The fourth-order valence-electron chi connectivity index (χ4n) is 2.46. The van der Waals surface area contributed by atoms with Crippen molar-refractivity contribution in [2.24, 2.45) is 0 Å². The van der Waals surface area contributed by atoms with Gasteiger partial charge in [-0.05, 0) is 37.6 Å². The van der Waals surface area contributed by atoms with Crippen LogP contribution in [0.1, 0.15) is 24.8 Å². The number of methoxy groups -OCH3 is 1. The Kier molecular flexibility index (Phi) is 5.14. The first-order chi connectivity index (χ1) is 12.1. The summed E-state index contributed by atoms with van der Waals surface area (Å²) in [7, 11) is 1.64. The third-order valence-corrected chi connectivity index (χ3v) is 5.08. The Morgan fingerprint density at radius 3 is 2.72 bits per heavy atom. The second kappa shape index (κ2) is 7.48. The van der Waals surface area contributed by atoms with E-state index in [9.17, 15) is 4.79 Å². The van der Waals surface area contributed by atoms with Crippen LogP contribution >= 0.6 is 11.3 Å². The van der Waals surface area contributed by atoms with Crippen molar-refractivity contribution in [3.63, 3.8) is 0 Å². The highest BCUT2D eigenvalue weighted by atomic mass is 32.1. The van der Waals surface area contributed by atoms with E-state index in [1.165, 1.54) is 11.3 Å². The van der Waals surface area contributed by atoms with Crippen LogP contribution in [0.4, 0.5) is 5.13 Å². The van der Waals surface area contributed by atoms with E-state index in [2.05, 4.69) is 22.2 Å². The van der Waals surface area contributed by atoms with Crippen molar-refractivity contribution in [2.75, 3.05) is 12.4 Å². The minimum absolute atomic E-state index is 0.115. The van der Waals surface area contributed by atoms with Crippen molar-refractivity contribution in [2.45, 2.75) is 26.3 Å². The molecule has 6 nitrogen and oxygen atoms in total. The molecule has 1 N–H and O–H groups in total. The van der Waals surface area contributed by atoms with E-state index in [1.54, 1.807) is 30.4 Å². The number of anilines is 1. The number of nitrogens with one attached hydrogen (secondary N) is 1. The van der Waals surface area contributed by atoms with Gasteiger partial charge in [0.1, 0.15) is 11.8 Å². The highest BCUT2D eigenvalue weighted by Crippen LogP contribution is 2.32. The fraction of sp³-hybridized carbons (Fsp3) is 0.278. The number of carbonyl (C=O) groups is 1. The summed E-state index contributed by atoms with van der Waals surface area (Å²) in [6, 6.07) is 7.43. The molecule has 3 rings (SSSR count). The molecular weight excluding hydrogens is 336 g/mol. The Labute approximate surface area is 150 Å². The van der Waals surface area contributed by atoms with E-state index in [-0.39, 0.29) is 11.9 Å². The number of hydrogen-bond donors (Lipinski definition) is 1. The van der Waals surface area contributed by atoms with Crippen LogP contribution in [0.15, 0.2) is 43.0 Å². The first-order valence-corrected chi connectivity index (χ1v) is 8.86. The van der Waals surface area contributed by atoms with E-state index in [0.717, 1.165) is 28.3 Å². The summed E-state index contributed by atoms with van der Waals surface area (Å²) < 4.78 is 6.96. The molecular formula is C18H20N4O2S. The number of ether oxygens (including phenoxy) is 1. The number of thiazole rings is 1. The molecule has 0 unspecified atom stereocenters. The van der Waals surface area contributed by atoms with Crippen LogP contribution in [-0.2, 0) is 11.2 Å². The summed E-state index contributed by atoms with van der Waals surface area (Å²) in [4.78, 5) is 22.2. The van der Waals surface area contributed by atoms with Crippen molar-refractivity contribution in [1.29, 1.82) is 0 Å². The molecule has 0 aliphatic carbocycles. The summed E-state index contributed by atoms with van der Waals surface area (Å²) in [5.41, 5.74) is 1.91. The maximum atomic E-state index is 12.4. The first-order valence-electron chi connectivity index (χ1n) is 8.04. The Bertz CT molecular complexity index is 841. The molecule has 2 heterocycles. The fourth-order valence-corrected chi connectivity index (χ4v) is 3.39. The summed E-state index contributed by atoms with van der Waals surface area (Å²) >= 11 is 1.51. The summed E-state index contributed by atoms with van der Waals surface area (Å²) in [6.45, 7) is 3.91. The van der Waals surface area contributed by atoms with Crippen LogP contribution in [0.2, 0.25) is 0 Å². The van der Waals surface area contributed by atoms with Gasteiger partial charge < -0.3 is 14.6 Å². The lowest BCUT2D eigenvalue weighted by molar-refractivity contribution is -0.118. The average molecular weight is 356 g/mol. The van der Waals surface area contributed by atoms with Crippen LogP contribution in [0.3, 0.4) is 0 Å². The number of carbonyl (C=O) groups excluding carboxylic acids is 1. The Hall–Kier alpha value is -2.67. The maximum Gasteiger partial charge on any atom is 0.248 e. The largest absolute Gasteiger partial charge is 0.497 e. The number of aryl methyl sites for hydroxylation is 1. The summed E-state index contributed by atoms with van der Waals surface area (Å²) in [6.07, 6.45) is 5.91. The van der Waals surface area contributed by atoms with Crippen LogP contribution < -0.4 is 10.1 Å². The zero-order valence-corrected chi connectivity index (χ0v) is 15.2. The second-order valence-corrected chi connectivity index (χ2v) is 6.63. The second-order valence-electron chi connectivity index (χ2n) is 5.55. The molecule has 7 heteroatoms. The molecule has 2 aromatic heterocycles. The van der Waals surface area contributed by atoms with Gasteiger partial charge in [0.2, 0.25) is 5.91 Å². The highest BCUT2D eigenvalue weighted by Gasteiger charge is 2.18. The number of hydrogen-bond acceptors (Lipinski definition) is 5. The van der Waals surface area contributed by atoms with Crippen LogP contribution in [-0.4, -0.2) is 27.6 Å². The topological polar surface area (TPSA) is 69.0 Å². The molecule has 1 amide bonds. The van der Waals surface area contributed by atoms with E-state index in [0.29, 0.717) is 5.13 Å². The zero-order chi connectivity index (χ0) is 17.8. The lowest BCUT2D eigenvalue weighted by atomic mass is 10.1. The average Bonchev–Trinajstić information content (AvgIpc) is 3.31. The van der Waals surface area contributed by atoms with Gasteiger partial charge >= 0.3 is 0 Å². The first kappa shape index (κ1) is 17.2. The molecule has 130 valence electrons. The number of aromatic nitrogens is 3. The van der Waals surface area contributed by atoms with Crippen molar-refractivity contribution in [3.8, 4) is 17.0 Å². The monoisotopic (exact) mass is 356 g/mol. The molecule has 0 bridgehead atoms. The van der Waals surface area contributed by atoms with Gasteiger partial charge in [0.05, 0.1) is 19.1 Å². The van der Waals surface area contributed by atoms with Crippen molar-refractivity contribution in [1.82, 2.24) is 14.5 Å². The Morgan fingerprint density at radius 2 is 2.12 bits per heavy atom. The minimum Gasteiger partial charge on any atom is -0.497 e. The number of imidazole rings is 1. The minimum atomic E-state index is -0.346. The lowest BCUT2D eigenvalue weighted by Crippen LogP contribution is -2.22. The van der Waals surface area contributed by atoms with Crippen LogP contribution in [0.5, 0.6) is 5.75 Å². The van der Waals surface area contributed by atoms with E-state index in [1.807, 2.05) is 31.2 Å². The lowest BCUT2D eigenvalue weighted by Gasteiger charge is -2.11. The number of amides is 1. The smallest absolute Gasteiger partial charge is 0.248 e. The van der Waals surface area contributed by atoms with Crippen LogP contribution in [0, 0.1) is 0 Å². The molecule has 0 saturated heterocycles. The molecule has 0 fully saturated rings. The third-order valence-electron chi connectivity index (χ3n) is 3.96. The molecule has 0 spiro atoms. The standard InChI is InChI=1S/C18H20N4O2S/c1-4-15-16(13-5-7-14(24-3)8-6-13)20-18(25-15)21-17(23)12(2)22-10-9-19-11-22/h5-12H,4H2,1-3H3,(H,20,21,23)/t12-/m0/s1. The Balaban J connectivity index is 1.81. The molecule has 0 aliphatic rings. The zero-order valence-electron chi connectivity index (χ0n) is 14.4. The quantitative estimate of drug-likeness (QED) is 0.730. The normalized spacial score (nSPS) is 12.0. The third kappa shape index (κ3) is 3.71. The van der Waals surface area contributed by atoms with Crippen molar-refractivity contribution < 1.29 is 9.53 Å². The molecule has 0 saturated carbocycles. The molecule has 0 radical (unpaired) electrons. The molecule has 3 aromatic rings. The number of nitrogens with zero attached hydrogens (tertiary/aromatic N) is 3. The van der Waals surface area contributed by atoms with Gasteiger partial charge in [0.25, 0.3) is 0 Å². The predicted molar refractivity (Wildman–Crippen MR) is 99.0 cm³/mol. The van der Waals surface area contributed by atoms with Gasteiger partial charge in [-0.15, -0.1) is 11.3 Å². The van der Waals surface area contributed by atoms with E-state index in [4.69, 9.17) is 4.74 Å². The SMILES string of the molecule is CCc1sc(NC(=O)[C@H](C)n2ccnc2)nc1-c1ccc(OC)cc1. The molecule has 25 heavy (non-hydrogen) atoms. The van der Waals surface area contributed by atoms with E-state index < -0.39 is 0 Å². The van der Waals surface area contributed by atoms with Crippen molar-refractivity contribution >= 4 is 22.4 Å². The highest BCUT2D eigenvalue weighted by molar-refractivity contribution is 7.16. The Morgan fingerprint density at radius 1 is 1.36 bits per heavy atom. The van der Waals surface area contributed by atoms with Gasteiger partial charge in [-0.1, -0.05) is 6.92 Å². The van der Waals surface area contributed by atoms with E-state index >= 15 is 0 Å². The van der Waals surface area contributed by atoms with Gasteiger partial charge in [0.15, 0.2) is 5.13 Å². The number of benzene rings is 1. The number of rotatable bonds is 6.